The molecule has 160 valence electrons. The van der Waals surface area contributed by atoms with Gasteiger partial charge in [-0.15, -0.1) is 0 Å². The smallest absolute Gasteiger partial charge is 0.268 e. The van der Waals surface area contributed by atoms with Gasteiger partial charge in [-0.3, -0.25) is 23.9 Å². The van der Waals surface area contributed by atoms with E-state index in [9.17, 15) is 23.9 Å². The SMILES string of the molecule is CCNC(=O)[C@@H]1Cn2c(=O)c(C(N)=O)c(O)c3ncc(Cc4ccc(F)cc4)c(c32)O1. The van der Waals surface area contributed by atoms with Gasteiger partial charge in [0.15, 0.2) is 17.6 Å². The first kappa shape index (κ1) is 20.3. The largest absolute Gasteiger partial charge is 0.505 e. The van der Waals surface area contributed by atoms with Crippen LogP contribution in [0.5, 0.6) is 11.5 Å². The Bertz CT molecular complexity index is 1270. The number of carbonyl (C=O) groups excluding carboxylic acids is 2. The van der Waals surface area contributed by atoms with Crippen molar-refractivity contribution in [3.05, 3.63) is 63.3 Å². The highest BCUT2D eigenvalue weighted by Crippen LogP contribution is 2.37. The maximum Gasteiger partial charge on any atom is 0.268 e. The molecule has 10 heteroatoms. The number of amides is 2. The van der Waals surface area contributed by atoms with Gasteiger partial charge in [-0.05, 0) is 24.6 Å². The van der Waals surface area contributed by atoms with E-state index in [1.807, 2.05) is 0 Å². The summed E-state index contributed by atoms with van der Waals surface area (Å²) in [5, 5.41) is 13.1. The van der Waals surface area contributed by atoms with Crippen LogP contribution in [0.15, 0.2) is 35.3 Å². The molecule has 1 aromatic carbocycles. The first-order chi connectivity index (χ1) is 14.8. The van der Waals surface area contributed by atoms with Gasteiger partial charge in [0, 0.05) is 24.7 Å². The molecule has 1 atom stereocenters. The van der Waals surface area contributed by atoms with Crippen molar-refractivity contribution in [1.29, 1.82) is 0 Å². The molecule has 0 spiro atoms. The summed E-state index contributed by atoms with van der Waals surface area (Å²) in [6.07, 6.45) is 0.640. The molecule has 0 bridgehead atoms. The number of aromatic nitrogens is 2. The van der Waals surface area contributed by atoms with Crippen LogP contribution in [0.1, 0.15) is 28.4 Å². The number of nitrogens with one attached hydrogen (secondary N) is 1. The summed E-state index contributed by atoms with van der Waals surface area (Å²) in [5.41, 5.74) is 5.24. The fraction of sp³-hybridized carbons (Fsp3) is 0.238. The quantitative estimate of drug-likeness (QED) is 0.553. The Morgan fingerprint density at radius 2 is 2.06 bits per heavy atom. The van der Waals surface area contributed by atoms with Crippen molar-refractivity contribution in [2.24, 2.45) is 5.73 Å². The highest BCUT2D eigenvalue weighted by atomic mass is 19.1. The summed E-state index contributed by atoms with van der Waals surface area (Å²) < 4.78 is 20.4. The molecule has 0 saturated heterocycles. The average Bonchev–Trinajstić information content (AvgIpc) is 2.74. The van der Waals surface area contributed by atoms with E-state index in [1.165, 1.54) is 22.9 Å². The van der Waals surface area contributed by atoms with Gasteiger partial charge in [-0.1, -0.05) is 12.1 Å². The van der Waals surface area contributed by atoms with E-state index >= 15 is 0 Å². The van der Waals surface area contributed by atoms with Crippen LogP contribution in [0.25, 0.3) is 11.0 Å². The Morgan fingerprint density at radius 1 is 1.35 bits per heavy atom. The number of carbonyl (C=O) groups is 2. The Kier molecular flexibility index (Phi) is 5.05. The second-order valence-corrected chi connectivity index (χ2v) is 7.12. The van der Waals surface area contributed by atoms with Gasteiger partial charge in [-0.25, -0.2) is 4.39 Å². The molecule has 1 aliphatic heterocycles. The lowest BCUT2D eigenvalue weighted by atomic mass is 10.0. The highest BCUT2D eigenvalue weighted by Gasteiger charge is 2.33. The molecule has 0 fully saturated rings. The number of halogens is 1. The first-order valence-corrected chi connectivity index (χ1v) is 9.57. The van der Waals surface area contributed by atoms with E-state index in [0.717, 1.165) is 5.56 Å². The van der Waals surface area contributed by atoms with Gasteiger partial charge in [0.25, 0.3) is 17.4 Å². The number of rotatable bonds is 5. The third kappa shape index (κ3) is 3.45. The molecule has 2 aromatic heterocycles. The van der Waals surface area contributed by atoms with Crippen molar-refractivity contribution in [2.75, 3.05) is 6.54 Å². The van der Waals surface area contributed by atoms with Gasteiger partial charge in [0.1, 0.15) is 22.4 Å². The maximum atomic E-state index is 13.3. The predicted octanol–water partition coefficient (Wildman–Crippen LogP) is 0.828. The zero-order valence-corrected chi connectivity index (χ0v) is 16.5. The molecule has 3 aromatic rings. The number of nitrogens with two attached hydrogens (primary N) is 1. The van der Waals surface area contributed by atoms with Gasteiger partial charge >= 0.3 is 0 Å². The zero-order valence-electron chi connectivity index (χ0n) is 16.5. The van der Waals surface area contributed by atoms with E-state index < -0.39 is 34.8 Å². The van der Waals surface area contributed by atoms with Crippen molar-refractivity contribution in [1.82, 2.24) is 14.9 Å². The van der Waals surface area contributed by atoms with Crippen LogP contribution in [-0.2, 0) is 17.8 Å². The fourth-order valence-electron chi connectivity index (χ4n) is 3.65. The number of benzene rings is 1. The van der Waals surface area contributed by atoms with Gasteiger partial charge in [0.05, 0.1) is 6.54 Å². The number of hydrogen-bond donors (Lipinski definition) is 3. The molecule has 2 amide bonds. The van der Waals surface area contributed by atoms with Crippen molar-refractivity contribution >= 4 is 22.8 Å². The molecular weight excluding hydrogens is 407 g/mol. The van der Waals surface area contributed by atoms with E-state index in [2.05, 4.69) is 10.3 Å². The number of primary amides is 1. The number of likely N-dealkylation sites (N-methyl/N-ethyl adjacent to an activating group) is 1. The molecule has 4 N–H and O–H groups in total. The lowest BCUT2D eigenvalue weighted by molar-refractivity contribution is -0.128. The predicted molar refractivity (Wildman–Crippen MR) is 108 cm³/mol. The van der Waals surface area contributed by atoms with Crippen molar-refractivity contribution in [3.8, 4) is 11.5 Å². The van der Waals surface area contributed by atoms with Crippen molar-refractivity contribution in [3.63, 3.8) is 0 Å². The topological polar surface area (TPSA) is 137 Å². The Balaban J connectivity index is 1.94. The van der Waals surface area contributed by atoms with Crippen LogP contribution >= 0.6 is 0 Å². The number of nitrogens with zero attached hydrogens (tertiary/aromatic N) is 2. The molecule has 0 aliphatic carbocycles. The number of pyridine rings is 2. The molecule has 3 heterocycles. The summed E-state index contributed by atoms with van der Waals surface area (Å²) in [6.45, 7) is 1.92. The van der Waals surface area contributed by atoms with Crippen molar-refractivity contribution in [2.45, 2.75) is 26.0 Å². The van der Waals surface area contributed by atoms with Gasteiger partial charge < -0.3 is 20.9 Å². The Morgan fingerprint density at radius 3 is 2.71 bits per heavy atom. The summed E-state index contributed by atoms with van der Waals surface area (Å²) in [7, 11) is 0. The third-order valence-corrected chi connectivity index (χ3v) is 5.08. The monoisotopic (exact) mass is 426 g/mol. The molecule has 4 rings (SSSR count). The molecule has 0 unspecified atom stereocenters. The number of ether oxygens (including phenoxy) is 1. The Labute approximate surface area is 175 Å². The molecule has 1 aliphatic rings. The summed E-state index contributed by atoms with van der Waals surface area (Å²) >= 11 is 0. The van der Waals surface area contributed by atoms with Crippen LogP contribution in [0.3, 0.4) is 0 Å². The summed E-state index contributed by atoms with van der Waals surface area (Å²) in [4.78, 5) is 41.4. The molecule has 31 heavy (non-hydrogen) atoms. The first-order valence-electron chi connectivity index (χ1n) is 9.57. The van der Waals surface area contributed by atoms with E-state index in [0.29, 0.717) is 12.1 Å². The average molecular weight is 426 g/mol. The second kappa shape index (κ2) is 7.71. The number of hydrogen-bond acceptors (Lipinski definition) is 6. The van der Waals surface area contributed by atoms with E-state index in [-0.39, 0.29) is 35.6 Å². The zero-order chi connectivity index (χ0) is 22.3. The standard InChI is InChI=1S/C21H19FN4O5/c1-2-24-20(29)13-9-26-16-15(17(27)14(19(23)28)21(26)30)25-8-11(18(16)31-13)7-10-3-5-12(22)6-4-10/h3-6,8,13,27H,2,7,9H2,1H3,(H2,23,28)(H,24,29)/t13-/m0/s1. The highest BCUT2D eigenvalue weighted by molar-refractivity contribution is 6.02. The molecule has 0 saturated carbocycles. The lowest BCUT2D eigenvalue weighted by Crippen LogP contribution is -2.46. The summed E-state index contributed by atoms with van der Waals surface area (Å²) in [5.74, 6) is -2.38. The lowest BCUT2D eigenvalue weighted by Gasteiger charge is -2.29. The fourth-order valence-corrected chi connectivity index (χ4v) is 3.65. The number of aromatic hydroxyl groups is 1. The van der Waals surface area contributed by atoms with Gasteiger partial charge in [0.2, 0.25) is 0 Å². The van der Waals surface area contributed by atoms with Crippen LogP contribution in [0.4, 0.5) is 4.39 Å². The minimum atomic E-state index is -1.10. The van der Waals surface area contributed by atoms with Crippen LogP contribution in [0.2, 0.25) is 0 Å². The Hall–Kier alpha value is -3.95. The second-order valence-electron chi connectivity index (χ2n) is 7.12. The summed E-state index contributed by atoms with van der Waals surface area (Å²) in [6, 6.07) is 5.82. The van der Waals surface area contributed by atoms with Crippen LogP contribution in [-0.4, -0.2) is 39.1 Å². The van der Waals surface area contributed by atoms with E-state index in [1.54, 1.807) is 19.1 Å². The molecule has 9 nitrogen and oxygen atoms in total. The van der Waals surface area contributed by atoms with Crippen LogP contribution in [0, 0.1) is 5.82 Å². The van der Waals surface area contributed by atoms with Gasteiger partial charge in [-0.2, -0.15) is 0 Å². The van der Waals surface area contributed by atoms with Crippen molar-refractivity contribution < 1.29 is 23.8 Å². The van der Waals surface area contributed by atoms with E-state index in [4.69, 9.17) is 10.5 Å². The molecular formula is C21H19FN4O5. The minimum absolute atomic E-state index is 0.0411. The molecule has 0 radical (unpaired) electrons. The van der Waals surface area contributed by atoms with Crippen LogP contribution < -0.4 is 21.3 Å². The maximum absolute atomic E-state index is 13.3. The normalized spacial score (nSPS) is 14.8. The minimum Gasteiger partial charge on any atom is -0.505 e. The third-order valence-electron chi connectivity index (χ3n) is 5.08.